The number of hydrogen-bond acceptors (Lipinski definition) is 4. The molecule has 7 heteroatoms. The predicted molar refractivity (Wildman–Crippen MR) is 68.7 cm³/mol. The maximum Gasteiger partial charge on any atom is 0.306 e. The van der Waals surface area contributed by atoms with Crippen molar-refractivity contribution >= 4 is 50.9 Å². The van der Waals surface area contributed by atoms with E-state index in [0.29, 0.717) is 11.0 Å². The second-order valence-corrected chi connectivity index (χ2v) is 4.68. The van der Waals surface area contributed by atoms with Gasteiger partial charge in [-0.15, -0.1) is 0 Å². The summed E-state index contributed by atoms with van der Waals surface area (Å²) in [6.07, 6.45) is 1.13. The first-order chi connectivity index (χ1) is 7.50. The topological polar surface area (TPSA) is 68.9 Å². The maximum absolute atomic E-state index is 10.7. The van der Waals surface area contributed by atoms with E-state index in [2.05, 4.69) is 32.6 Å². The molecule has 0 aliphatic heterocycles. The molecule has 0 aromatic carbocycles. The smallest absolute Gasteiger partial charge is 0.258 e. The molecule has 0 fully saturated rings. The molecule has 0 N–H and O–H groups in total. The van der Waals surface area contributed by atoms with Crippen molar-refractivity contribution in [1.82, 2.24) is 9.97 Å². The van der Waals surface area contributed by atoms with Crippen molar-refractivity contribution in [2.24, 2.45) is 0 Å². The van der Waals surface area contributed by atoms with Crippen LogP contribution in [0.1, 0.15) is 5.69 Å². The average molecular weight is 350 g/mol. The molecule has 82 valence electrons. The minimum Gasteiger partial charge on any atom is -0.258 e. The molecule has 0 bridgehead atoms. The normalized spacial score (nSPS) is 10.7. The highest BCUT2D eigenvalue weighted by molar-refractivity contribution is 14.1. The van der Waals surface area contributed by atoms with Crippen LogP contribution >= 0.6 is 34.2 Å². The van der Waals surface area contributed by atoms with E-state index < -0.39 is 4.92 Å². The molecule has 5 nitrogen and oxygen atoms in total. The Labute approximate surface area is 109 Å². The molecule has 0 unspecified atom stereocenters. The summed E-state index contributed by atoms with van der Waals surface area (Å²) in [6.45, 7) is 1.85. The molecule has 16 heavy (non-hydrogen) atoms. The van der Waals surface area contributed by atoms with Gasteiger partial charge in [-0.3, -0.25) is 10.1 Å². The third-order valence-corrected chi connectivity index (χ3v) is 3.59. The summed E-state index contributed by atoms with van der Waals surface area (Å²) in [5, 5.41) is 11.3. The fourth-order valence-electron chi connectivity index (χ4n) is 1.27. The Hall–Kier alpha value is -1.02. The summed E-state index contributed by atoms with van der Waals surface area (Å²) in [4.78, 5) is 18.3. The van der Waals surface area contributed by atoms with Gasteiger partial charge in [0.1, 0.15) is 11.2 Å². The van der Waals surface area contributed by atoms with Crippen LogP contribution in [-0.4, -0.2) is 14.9 Å². The molecule has 0 radical (unpaired) electrons. The average Bonchev–Trinajstić information content (AvgIpc) is 2.21. The van der Waals surface area contributed by atoms with Gasteiger partial charge >= 0.3 is 5.69 Å². The van der Waals surface area contributed by atoms with Crippen LogP contribution in [0, 0.1) is 20.6 Å². The predicted octanol–water partition coefficient (Wildman–Crippen LogP) is 3.10. The summed E-state index contributed by atoms with van der Waals surface area (Å²) in [5.74, 6) is 0. The van der Waals surface area contributed by atoms with Crippen molar-refractivity contribution in [3.05, 3.63) is 36.7 Å². The van der Waals surface area contributed by atoms with Gasteiger partial charge in [-0.1, -0.05) is 11.6 Å². The fraction of sp³-hybridized carbons (Fsp3) is 0.111. The largest absolute Gasteiger partial charge is 0.306 e. The summed E-state index contributed by atoms with van der Waals surface area (Å²) >= 11 is 8.04. The molecular formula is C9H5ClIN3O2. The summed E-state index contributed by atoms with van der Waals surface area (Å²) in [7, 11) is 0. The van der Waals surface area contributed by atoms with Crippen molar-refractivity contribution in [3.8, 4) is 0 Å². The molecule has 0 spiro atoms. The van der Waals surface area contributed by atoms with Crippen LogP contribution in [0.4, 0.5) is 5.69 Å². The Kier molecular flexibility index (Phi) is 2.94. The van der Waals surface area contributed by atoms with Gasteiger partial charge in [0.15, 0.2) is 5.65 Å². The monoisotopic (exact) mass is 349 g/mol. The highest BCUT2D eigenvalue weighted by atomic mass is 127. The Balaban J connectivity index is 2.84. The lowest BCUT2D eigenvalue weighted by Gasteiger charge is -2.03. The van der Waals surface area contributed by atoms with E-state index in [1.807, 2.05) is 6.92 Å². The molecule has 2 aromatic heterocycles. The van der Waals surface area contributed by atoms with Gasteiger partial charge in [-0.05, 0) is 35.6 Å². The number of aryl methyl sites for hydroxylation is 1. The summed E-state index contributed by atoms with van der Waals surface area (Å²) in [5.41, 5.74) is 1.05. The zero-order valence-electron chi connectivity index (χ0n) is 8.07. The van der Waals surface area contributed by atoms with Crippen LogP contribution in [0.2, 0.25) is 5.02 Å². The van der Waals surface area contributed by atoms with Crippen LogP contribution in [0.5, 0.6) is 0 Å². The van der Waals surface area contributed by atoms with Gasteiger partial charge < -0.3 is 0 Å². The lowest BCUT2D eigenvalue weighted by molar-refractivity contribution is -0.384. The maximum atomic E-state index is 10.7. The van der Waals surface area contributed by atoms with Gasteiger partial charge in [0.2, 0.25) is 0 Å². The number of pyridine rings is 2. The Morgan fingerprint density at radius 2 is 2.25 bits per heavy atom. The third-order valence-electron chi connectivity index (χ3n) is 2.10. The minimum atomic E-state index is -0.554. The van der Waals surface area contributed by atoms with Crippen molar-refractivity contribution < 1.29 is 4.92 Å². The number of nitro groups is 1. The van der Waals surface area contributed by atoms with Crippen LogP contribution in [0.3, 0.4) is 0 Å². The second kappa shape index (κ2) is 4.10. The van der Waals surface area contributed by atoms with Gasteiger partial charge in [0.25, 0.3) is 0 Å². The Bertz CT molecular complexity index is 603. The molecule has 2 heterocycles. The first-order valence-electron chi connectivity index (χ1n) is 4.26. The third kappa shape index (κ3) is 1.82. The van der Waals surface area contributed by atoms with Gasteiger partial charge in [-0.2, -0.15) is 0 Å². The fourth-order valence-corrected chi connectivity index (χ4v) is 1.96. The lowest BCUT2D eigenvalue weighted by Crippen LogP contribution is -1.95. The number of hydrogen-bond donors (Lipinski definition) is 0. The molecule has 0 atom stereocenters. The lowest BCUT2D eigenvalue weighted by atomic mass is 10.2. The molecule has 2 rings (SSSR count). The molecule has 0 amide bonds. The highest BCUT2D eigenvalue weighted by Crippen LogP contribution is 2.31. The number of fused-ring (bicyclic) bond motifs is 1. The molecular weight excluding hydrogens is 344 g/mol. The van der Waals surface area contributed by atoms with Crippen molar-refractivity contribution in [3.63, 3.8) is 0 Å². The van der Waals surface area contributed by atoms with Crippen molar-refractivity contribution in [2.75, 3.05) is 0 Å². The number of halogens is 2. The van der Waals surface area contributed by atoms with Gasteiger partial charge in [-0.25, -0.2) is 9.97 Å². The molecule has 0 aliphatic carbocycles. The van der Waals surface area contributed by atoms with Crippen LogP contribution in [0.15, 0.2) is 12.3 Å². The summed E-state index contributed by atoms with van der Waals surface area (Å²) in [6, 6.07) is 1.75. The van der Waals surface area contributed by atoms with Crippen LogP contribution in [0.25, 0.3) is 11.0 Å². The zero-order valence-corrected chi connectivity index (χ0v) is 11.0. The van der Waals surface area contributed by atoms with Crippen LogP contribution < -0.4 is 0 Å². The van der Waals surface area contributed by atoms with E-state index in [4.69, 9.17) is 11.6 Å². The second-order valence-electron chi connectivity index (χ2n) is 3.14. The van der Waals surface area contributed by atoms with Crippen molar-refractivity contribution in [1.29, 1.82) is 0 Å². The van der Waals surface area contributed by atoms with E-state index in [1.165, 1.54) is 0 Å². The molecule has 0 aliphatic rings. The van der Waals surface area contributed by atoms with E-state index >= 15 is 0 Å². The van der Waals surface area contributed by atoms with E-state index in [9.17, 15) is 10.1 Å². The van der Waals surface area contributed by atoms with E-state index in [1.54, 1.807) is 6.07 Å². The van der Waals surface area contributed by atoms with Gasteiger partial charge in [0.05, 0.1) is 10.6 Å². The Morgan fingerprint density at radius 3 is 2.88 bits per heavy atom. The quantitative estimate of drug-likeness (QED) is 0.451. The number of rotatable bonds is 1. The number of aromatic nitrogens is 2. The molecule has 0 saturated heterocycles. The minimum absolute atomic E-state index is 0.0837. The van der Waals surface area contributed by atoms with Crippen LogP contribution in [-0.2, 0) is 0 Å². The zero-order chi connectivity index (χ0) is 11.9. The van der Waals surface area contributed by atoms with Gasteiger partial charge in [0, 0.05) is 8.96 Å². The van der Waals surface area contributed by atoms with E-state index in [-0.39, 0.29) is 10.7 Å². The number of nitrogens with zero attached hydrogens (tertiary/aromatic N) is 3. The molecule has 0 saturated carbocycles. The first kappa shape index (κ1) is 11.5. The SMILES string of the molecule is Cc1nc2ncc([N+](=O)[O-])c(Cl)c2cc1I. The highest BCUT2D eigenvalue weighted by Gasteiger charge is 2.17. The standard InChI is InChI=1S/C9H5ClIN3O2/c1-4-6(11)2-5-8(10)7(14(15)16)3-12-9(5)13-4/h2-3H,1H3. The van der Waals surface area contributed by atoms with Crippen molar-refractivity contribution in [2.45, 2.75) is 6.92 Å². The first-order valence-corrected chi connectivity index (χ1v) is 5.72. The summed E-state index contributed by atoms with van der Waals surface area (Å²) < 4.78 is 0.897. The Morgan fingerprint density at radius 1 is 1.56 bits per heavy atom. The van der Waals surface area contributed by atoms with E-state index in [0.717, 1.165) is 15.5 Å². The molecule has 2 aromatic rings.